The molecule has 0 aliphatic heterocycles. The first-order chi connectivity index (χ1) is 9.06. The Labute approximate surface area is 106 Å². The number of hydrogen-bond acceptors (Lipinski definition) is 3. The van der Waals surface area contributed by atoms with Gasteiger partial charge in [-0.15, -0.1) is 0 Å². The third-order valence-corrected chi connectivity index (χ3v) is 2.81. The second-order valence-electron chi connectivity index (χ2n) is 4.11. The second kappa shape index (κ2) is 3.94. The van der Waals surface area contributed by atoms with Crippen LogP contribution in [0.15, 0.2) is 34.7 Å². The number of rotatable bonds is 2. The normalized spacial score (nSPS) is 11.1. The van der Waals surface area contributed by atoms with Crippen LogP contribution in [0.5, 0.6) is 0 Å². The highest BCUT2D eigenvalue weighted by Crippen LogP contribution is 2.25. The van der Waals surface area contributed by atoms with Crippen LogP contribution in [0, 0.1) is 12.7 Å². The van der Waals surface area contributed by atoms with Crippen molar-refractivity contribution >= 4 is 17.1 Å². The molecule has 1 aromatic carbocycles. The van der Waals surface area contributed by atoms with Crippen molar-refractivity contribution in [2.24, 2.45) is 0 Å². The summed E-state index contributed by atoms with van der Waals surface area (Å²) < 4.78 is 19.9. The summed E-state index contributed by atoms with van der Waals surface area (Å²) >= 11 is 0. The average Bonchev–Trinajstić information content (AvgIpc) is 2.90. The standard InChI is InChI=1S/C13H9FN2O3/c1-7-10-6-11(13(17)18)19-12(10)16(15-7)9-4-2-3-8(14)5-9/h2-6H,1H3,(H,17,18). The number of aromatic carboxylic acids is 1. The fourth-order valence-electron chi connectivity index (χ4n) is 1.94. The molecule has 96 valence electrons. The lowest BCUT2D eigenvalue weighted by Gasteiger charge is -2.01. The molecule has 0 radical (unpaired) electrons. The summed E-state index contributed by atoms with van der Waals surface area (Å²) in [4.78, 5) is 10.9. The molecule has 0 aliphatic carbocycles. The van der Waals surface area contributed by atoms with Crippen LogP contribution in [0.4, 0.5) is 4.39 Å². The largest absolute Gasteiger partial charge is 0.475 e. The summed E-state index contributed by atoms with van der Waals surface area (Å²) in [6, 6.07) is 7.25. The zero-order valence-corrected chi connectivity index (χ0v) is 9.92. The Morgan fingerprint density at radius 3 is 2.89 bits per heavy atom. The maximum Gasteiger partial charge on any atom is 0.371 e. The Bertz CT molecular complexity index is 788. The summed E-state index contributed by atoms with van der Waals surface area (Å²) in [5.41, 5.74) is 1.39. The SMILES string of the molecule is Cc1nn(-c2cccc(F)c2)c2oc(C(=O)O)cc12. The number of halogens is 1. The van der Waals surface area contributed by atoms with Gasteiger partial charge in [-0.1, -0.05) is 6.07 Å². The van der Waals surface area contributed by atoms with E-state index in [1.54, 1.807) is 19.1 Å². The van der Waals surface area contributed by atoms with Crippen LogP contribution in [0.25, 0.3) is 16.8 Å². The molecular formula is C13H9FN2O3. The number of aryl methyl sites for hydroxylation is 1. The highest BCUT2D eigenvalue weighted by atomic mass is 19.1. The van der Waals surface area contributed by atoms with Gasteiger partial charge >= 0.3 is 5.97 Å². The number of furan rings is 1. The van der Waals surface area contributed by atoms with E-state index in [1.165, 1.54) is 22.9 Å². The molecule has 1 N–H and O–H groups in total. The van der Waals surface area contributed by atoms with E-state index in [2.05, 4.69) is 5.10 Å². The zero-order chi connectivity index (χ0) is 13.6. The Morgan fingerprint density at radius 2 is 2.21 bits per heavy atom. The van der Waals surface area contributed by atoms with Gasteiger partial charge in [-0.05, 0) is 25.1 Å². The Morgan fingerprint density at radius 1 is 1.42 bits per heavy atom. The van der Waals surface area contributed by atoms with E-state index in [1.807, 2.05) is 0 Å². The van der Waals surface area contributed by atoms with Gasteiger partial charge < -0.3 is 9.52 Å². The smallest absolute Gasteiger partial charge is 0.371 e. The molecule has 0 amide bonds. The van der Waals surface area contributed by atoms with Gasteiger partial charge in [0, 0.05) is 6.07 Å². The van der Waals surface area contributed by atoms with Crippen molar-refractivity contribution in [1.29, 1.82) is 0 Å². The molecule has 2 heterocycles. The lowest BCUT2D eigenvalue weighted by molar-refractivity contribution is 0.0664. The summed E-state index contributed by atoms with van der Waals surface area (Å²) in [5.74, 6) is -1.72. The number of benzene rings is 1. The molecule has 0 atom stereocenters. The molecule has 0 fully saturated rings. The molecule has 0 bridgehead atoms. The Hall–Kier alpha value is -2.63. The lowest BCUT2D eigenvalue weighted by Crippen LogP contribution is -1.98. The van der Waals surface area contributed by atoms with Gasteiger partial charge in [-0.25, -0.2) is 9.18 Å². The second-order valence-corrected chi connectivity index (χ2v) is 4.11. The van der Waals surface area contributed by atoms with E-state index in [0.29, 0.717) is 22.5 Å². The molecule has 19 heavy (non-hydrogen) atoms. The van der Waals surface area contributed by atoms with Gasteiger partial charge in [0.25, 0.3) is 0 Å². The van der Waals surface area contributed by atoms with E-state index in [-0.39, 0.29) is 5.76 Å². The first-order valence-electron chi connectivity index (χ1n) is 5.54. The highest BCUT2D eigenvalue weighted by molar-refractivity contribution is 5.91. The third kappa shape index (κ3) is 1.77. The van der Waals surface area contributed by atoms with Crippen LogP contribution in [0.1, 0.15) is 16.2 Å². The minimum absolute atomic E-state index is 0.166. The van der Waals surface area contributed by atoms with E-state index in [0.717, 1.165) is 0 Å². The van der Waals surface area contributed by atoms with Crippen molar-refractivity contribution in [3.8, 4) is 5.69 Å². The topological polar surface area (TPSA) is 68.3 Å². The van der Waals surface area contributed by atoms with Gasteiger partial charge in [0.2, 0.25) is 11.5 Å². The molecule has 0 spiro atoms. The van der Waals surface area contributed by atoms with Crippen molar-refractivity contribution in [1.82, 2.24) is 9.78 Å². The minimum Gasteiger partial charge on any atom is -0.475 e. The molecule has 6 heteroatoms. The molecule has 0 unspecified atom stereocenters. The summed E-state index contributed by atoms with van der Waals surface area (Å²) in [7, 11) is 0. The monoisotopic (exact) mass is 260 g/mol. The molecule has 3 aromatic rings. The van der Waals surface area contributed by atoms with Gasteiger partial charge in [0.05, 0.1) is 16.8 Å². The zero-order valence-electron chi connectivity index (χ0n) is 9.92. The van der Waals surface area contributed by atoms with Crippen LogP contribution in [-0.4, -0.2) is 20.9 Å². The minimum atomic E-state index is -1.15. The van der Waals surface area contributed by atoms with Crippen molar-refractivity contribution in [3.05, 3.63) is 47.6 Å². The predicted molar refractivity (Wildman–Crippen MR) is 65.0 cm³/mol. The van der Waals surface area contributed by atoms with E-state index < -0.39 is 11.8 Å². The summed E-state index contributed by atoms with van der Waals surface area (Å²) in [6.45, 7) is 1.74. The van der Waals surface area contributed by atoms with Crippen LogP contribution in [-0.2, 0) is 0 Å². The molecular weight excluding hydrogens is 251 g/mol. The lowest BCUT2D eigenvalue weighted by atomic mass is 10.3. The fraction of sp³-hybridized carbons (Fsp3) is 0.0769. The number of hydrogen-bond donors (Lipinski definition) is 1. The van der Waals surface area contributed by atoms with Crippen LogP contribution >= 0.6 is 0 Å². The number of fused-ring (bicyclic) bond motifs is 1. The molecule has 3 rings (SSSR count). The third-order valence-electron chi connectivity index (χ3n) is 2.81. The fourth-order valence-corrected chi connectivity index (χ4v) is 1.94. The van der Waals surface area contributed by atoms with Gasteiger partial charge in [-0.3, -0.25) is 0 Å². The predicted octanol–water partition coefficient (Wildman–Crippen LogP) is 2.76. The number of carboxylic acids is 1. The number of nitrogens with zero attached hydrogens (tertiary/aromatic N) is 2. The molecule has 0 saturated carbocycles. The summed E-state index contributed by atoms with van der Waals surface area (Å²) in [6.07, 6.45) is 0. The average molecular weight is 260 g/mol. The van der Waals surface area contributed by atoms with Crippen molar-refractivity contribution < 1.29 is 18.7 Å². The van der Waals surface area contributed by atoms with Crippen molar-refractivity contribution in [2.75, 3.05) is 0 Å². The Balaban J connectivity index is 2.26. The number of carbonyl (C=O) groups is 1. The van der Waals surface area contributed by atoms with Crippen molar-refractivity contribution in [2.45, 2.75) is 6.92 Å². The highest BCUT2D eigenvalue weighted by Gasteiger charge is 2.18. The van der Waals surface area contributed by atoms with Gasteiger partial charge in [-0.2, -0.15) is 9.78 Å². The molecule has 0 aliphatic rings. The van der Waals surface area contributed by atoms with E-state index >= 15 is 0 Å². The van der Waals surface area contributed by atoms with Crippen LogP contribution in [0.3, 0.4) is 0 Å². The Kier molecular flexibility index (Phi) is 2.38. The number of carboxylic acid groups (broad SMARTS) is 1. The van der Waals surface area contributed by atoms with Crippen LogP contribution < -0.4 is 0 Å². The first-order valence-corrected chi connectivity index (χ1v) is 5.54. The summed E-state index contributed by atoms with van der Waals surface area (Å²) in [5, 5.41) is 13.7. The van der Waals surface area contributed by atoms with Gasteiger partial charge in [0.15, 0.2) is 0 Å². The molecule has 5 nitrogen and oxygen atoms in total. The number of aromatic nitrogens is 2. The quantitative estimate of drug-likeness (QED) is 0.769. The van der Waals surface area contributed by atoms with Crippen LogP contribution in [0.2, 0.25) is 0 Å². The van der Waals surface area contributed by atoms with E-state index in [9.17, 15) is 9.18 Å². The first kappa shape index (κ1) is 11.5. The maximum absolute atomic E-state index is 13.2. The molecule has 0 saturated heterocycles. The van der Waals surface area contributed by atoms with E-state index in [4.69, 9.17) is 9.52 Å². The maximum atomic E-state index is 13.2. The van der Waals surface area contributed by atoms with Gasteiger partial charge in [0.1, 0.15) is 5.82 Å². The molecule has 2 aromatic heterocycles. The van der Waals surface area contributed by atoms with Crippen molar-refractivity contribution in [3.63, 3.8) is 0 Å².